The Labute approximate surface area is 141 Å². The molecule has 118 valence electrons. The summed E-state index contributed by atoms with van der Waals surface area (Å²) in [6.45, 7) is 0. The molecule has 0 aliphatic heterocycles. The molecule has 2 N–H and O–H groups in total. The first kappa shape index (κ1) is 15.5. The zero-order valence-electron chi connectivity index (χ0n) is 13.0. The van der Waals surface area contributed by atoms with Gasteiger partial charge in [-0.1, -0.05) is 24.3 Å². The summed E-state index contributed by atoms with van der Waals surface area (Å²) in [4.78, 5) is 0. The molecule has 0 aromatic heterocycles. The molecule has 0 bridgehead atoms. The van der Waals surface area contributed by atoms with Crippen molar-refractivity contribution in [1.82, 2.24) is 5.43 Å². The zero-order valence-corrected chi connectivity index (χ0v) is 13.8. The van der Waals surface area contributed by atoms with Crippen LogP contribution in [0.25, 0.3) is 0 Å². The number of hydrogen-bond acceptors (Lipinski definition) is 3. The summed E-state index contributed by atoms with van der Waals surface area (Å²) in [5.74, 6) is 0.815. The minimum Gasteiger partial charge on any atom is -0.497 e. The minimum atomic E-state index is 0.488. The molecular weight excluding hydrogens is 306 g/mol. The Morgan fingerprint density at radius 2 is 1.78 bits per heavy atom. The van der Waals surface area contributed by atoms with E-state index in [-0.39, 0.29) is 0 Å². The normalized spacial score (nSPS) is 14.9. The number of anilines is 1. The maximum atomic E-state index is 5.28. The van der Waals surface area contributed by atoms with Gasteiger partial charge < -0.3 is 10.1 Å². The van der Waals surface area contributed by atoms with Crippen molar-refractivity contribution in [2.75, 3.05) is 12.4 Å². The van der Waals surface area contributed by atoms with E-state index in [1.807, 2.05) is 24.3 Å². The Morgan fingerprint density at radius 1 is 1.04 bits per heavy atom. The molecule has 1 aliphatic carbocycles. The molecule has 4 nitrogen and oxygen atoms in total. The lowest BCUT2D eigenvalue weighted by Gasteiger charge is -2.17. The highest BCUT2D eigenvalue weighted by molar-refractivity contribution is 7.80. The number of benzene rings is 2. The lowest BCUT2D eigenvalue weighted by atomic mass is 9.90. The van der Waals surface area contributed by atoms with Gasteiger partial charge in [0.05, 0.1) is 7.11 Å². The molecule has 0 unspecified atom stereocenters. The van der Waals surface area contributed by atoms with Crippen molar-refractivity contribution >= 4 is 28.7 Å². The van der Waals surface area contributed by atoms with Crippen LogP contribution in [0.1, 0.15) is 17.5 Å². The predicted molar refractivity (Wildman–Crippen MR) is 98.3 cm³/mol. The molecule has 0 amide bonds. The predicted octanol–water partition coefficient (Wildman–Crippen LogP) is 3.53. The molecule has 2 aromatic rings. The number of thiocarbonyl (C=S) groups is 1. The molecule has 0 heterocycles. The van der Waals surface area contributed by atoms with Crippen molar-refractivity contribution in [3.05, 3.63) is 59.7 Å². The van der Waals surface area contributed by atoms with Crippen LogP contribution in [0.3, 0.4) is 0 Å². The third-order valence-electron chi connectivity index (χ3n) is 3.86. The van der Waals surface area contributed by atoms with Crippen LogP contribution in [0.4, 0.5) is 5.69 Å². The van der Waals surface area contributed by atoms with Gasteiger partial charge in [0.15, 0.2) is 5.11 Å². The van der Waals surface area contributed by atoms with Gasteiger partial charge in [-0.15, -0.1) is 0 Å². The van der Waals surface area contributed by atoms with E-state index in [2.05, 4.69) is 40.1 Å². The average molecular weight is 325 g/mol. The van der Waals surface area contributed by atoms with Crippen LogP contribution in [-0.4, -0.2) is 17.9 Å². The molecule has 0 spiro atoms. The smallest absolute Gasteiger partial charge is 0.191 e. The first-order valence-corrected chi connectivity index (χ1v) is 7.98. The molecule has 0 saturated carbocycles. The Balaban J connectivity index is 1.56. The van der Waals surface area contributed by atoms with Gasteiger partial charge in [0.1, 0.15) is 5.75 Å². The number of nitrogens with one attached hydrogen (secondary N) is 2. The Hall–Kier alpha value is -2.40. The maximum absolute atomic E-state index is 5.28. The number of hydrogen-bond donors (Lipinski definition) is 2. The average Bonchev–Trinajstić information content (AvgIpc) is 2.60. The van der Waals surface area contributed by atoms with Crippen molar-refractivity contribution in [2.24, 2.45) is 5.10 Å². The molecule has 0 fully saturated rings. The third kappa shape index (κ3) is 4.07. The van der Waals surface area contributed by atoms with Crippen LogP contribution in [-0.2, 0) is 12.8 Å². The molecule has 3 rings (SSSR count). The molecule has 5 heteroatoms. The quantitative estimate of drug-likeness (QED) is 0.669. The van der Waals surface area contributed by atoms with Crippen molar-refractivity contribution in [1.29, 1.82) is 0 Å². The van der Waals surface area contributed by atoms with Crippen LogP contribution < -0.4 is 15.5 Å². The fourth-order valence-electron chi connectivity index (χ4n) is 2.62. The van der Waals surface area contributed by atoms with Gasteiger partial charge in [0, 0.05) is 17.8 Å². The Bertz CT molecular complexity index is 725. The molecule has 0 radical (unpaired) electrons. The van der Waals surface area contributed by atoms with Gasteiger partial charge in [0.25, 0.3) is 0 Å². The van der Waals surface area contributed by atoms with E-state index in [1.54, 1.807) is 7.11 Å². The third-order valence-corrected chi connectivity index (χ3v) is 4.05. The van der Waals surface area contributed by atoms with Gasteiger partial charge >= 0.3 is 0 Å². The van der Waals surface area contributed by atoms with Gasteiger partial charge in [-0.25, -0.2) is 0 Å². The zero-order chi connectivity index (χ0) is 16.1. The fourth-order valence-corrected chi connectivity index (χ4v) is 2.78. The topological polar surface area (TPSA) is 45.6 Å². The van der Waals surface area contributed by atoms with Gasteiger partial charge in [-0.05, 0) is 60.5 Å². The highest BCUT2D eigenvalue weighted by atomic mass is 32.1. The monoisotopic (exact) mass is 325 g/mol. The first-order valence-electron chi connectivity index (χ1n) is 7.58. The molecular formula is C18H19N3OS. The summed E-state index contributed by atoms with van der Waals surface area (Å²) in [6.07, 6.45) is 2.89. The first-order chi connectivity index (χ1) is 11.2. The lowest BCUT2D eigenvalue weighted by molar-refractivity contribution is 0.415. The van der Waals surface area contributed by atoms with Crippen molar-refractivity contribution in [3.8, 4) is 5.75 Å². The number of methoxy groups -OCH3 is 1. The second kappa shape index (κ2) is 7.24. The van der Waals surface area contributed by atoms with E-state index in [9.17, 15) is 0 Å². The largest absolute Gasteiger partial charge is 0.497 e. The highest BCUT2D eigenvalue weighted by Gasteiger charge is 2.13. The number of aryl methyl sites for hydroxylation is 1. The van der Waals surface area contributed by atoms with Crippen LogP contribution >= 0.6 is 12.2 Å². The fraction of sp³-hybridized carbons (Fsp3) is 0.222. The minimum absolute atomic E-state index is 0.488. The SMILES string of the molecule is COc1ccc(NC(=S)N/N=C2\CCc3ccccc3C2)cc1. The highest BCUT2D eigenvalue weighted by Crippen LogP contribution is 2.19. The summed E-state index contributed by atoms with van der Waals surface area (Å²) in [5, 5.41) is 8.05. The number of ether oxygens (including phenoxy) is 1. The van der Waals surface area contributed by atoms with E-state index in [0.29, 0.717) is 5.11 Å². The Morgan fingerprint density at radius 3 is 2.52 bits per heavy atom. The standard InChI is InChI=1S/C18H19N3OS/c1-22-17-10-8-15(9-11-17)19-18(23)21-20-16-7-6-13-4-2-3-5-14(13)12-16/h2-5,8-11H,6-7,12H2,1H3,(H2,19,21,23)/b20-16+. The number of rotatable bonds is 3. The van der Waals surface area contributed by atoms with E-state index < -0.39 is 0 Å². The molecule has 1 aliphatic rings. The van der Waals surface area contributed by atoms with E-state index >= 15 is 0 Å². The van der Waals surface area contributed by atoms with Gasteiger partial charge in [-0.2, -0.15) is 5.10 Å². The van der Waals surface area contributed by atoms with Crippen molar-refractivity contribution in [3.63, 3.8) is 0 Å². The van der Waals surface area contributed by atoms with Crippen molar-refractivity contribution in [2.45, 2.75) is 19.3 Å². The summed E-state index contributed by atoms with van der Waals surface area (Å²) >= 11 is 5.28. The van der Waals surface area contributed by atoms with Crippen LogP contribution in [0.15, 0.2) is 53.6 Å². The second-order valence-corrected chi connectivity index (χ2v) is 5.83. The molecule has 0 saturated heterocycles. The van der Waals surface area contributed by atoms with E-state index in [1.165, 1.54) is 11.1 Å². The summed E-state index contributed by atoms with van der Waals surface area (Å²) in [6, 6.07) is 16.1. The van der Waals surface area contributed by atoms with E-state index in [4.69, 9.17) is 17.0 Å². The lowest BCUT2D eigenvalue weighted by Crippen LogP contribution is -2.26. The van der Waals surface area contributed by atoms with E-state index in [0.717, 1.165) is 36.4 Å². The second-order valence-electron chi connectivity index (χ2n) is 5.42. The van der Waals surface area contributed by atoms with Crippen LogP contribution in [0, 0.1) is 0 Å². The Kier molecular flexibility index (Phi) is 4.88. The molecule has 0 atom stereocenters. The van der Waals surface area contributed by atoms with Crippen LogP contribution in [0.5, 0.6) is 5.75 Å². The molecule has 23 heavy (non-hydrogen) atoms. The molecule has 2 aromatic carbocycles. The van der Waals surface area contributed by atoms with Gasteiger partial charge in [-0.3, -0.25) is 5.43 Å². The number of hydrazone groups is 1. The van der Waals surface area contributed by atoms with Crippen LogP contribution in [0.2, 0.25) is 0 Å². The van der Waals surface area contributed by atoms with Gasteiger partial charge in [0.2, 0.25) is 0 Å². The number of fused-ring (bicyclic) bond motifs is 1. The summed E-state index contributed by atoms with van der Waals surface area (Å²) in [7, 11) is 1.65. The summed E-state index contributed by atoms with van der Waals surface area (Å²) in [5.41, 5.74) is 7.74. The van der Waals surface area contributed by atoms with Crippen molar-refractivity contribution < 1.29 is 4.74 Å². The number of nitrogens with zero attached hydrogens (tertiary/aromatic N) is 1. The maximum Gasteiger partial charge on any atom is 0.191 e. The summed E-state index contributed by atoms with van der Waals surface area (Å²) < 4.78 is 5.13.